The summed E-state index contributed by atoms with van der Waals surface area (Å²) in [6, 6.07) is 6.31. The Morgan fingerprint density at radius 2 is 1.83 bits per heavy atom. The van der Waals surface area contributed by atoms with E-state index in [1.165, 1.54) is 24.1 Å². The van der Waals surface area contributed by atoms with E-state index < -0.39 is 48.0 Å². The highest BCUT2D eigenvalue weighted by molar-refractivity contribution is 6.18. The van der Waals surface area contributed by atoms with Gasteiger partial charge in [0.15, 0.2) is 18.2 Å². The number of nitrogens with zero attached hydrogens (tertiary/aromatic N) is 4. The van der Waals surface area contributed by atoms with E-state index in [0.29, 0.717) is 5.56 Å². The summed E-state index contributed by atoms with van der Waals surface area (Å²) >= 11 is 0. The summed E-state index contributed by atoms with van der Waals surface area (Å²) in [5.41, 5.74) is 0.134. The molecule has 4 rings (SSSR count). The van der Waals surface area contributed by atoms with Crippen LogP contribution >= 0.6 is 0 Å². The maximum Gasteiger partial charge on any atom is 0.573 e. The lowest BCUT2D eigenvalue weighted by molar-refractivity contribution is -0.301. The van der Waals surface area contributed by atoms with Gasteiger partial charge in [0, 0.05) is 24.3 Å². The summed E-state index contributed by atoms with van der Waals surface area (Å²) in [4.78, 5) is 24.1. The largest absolute Gasteiger partial charge is 0.573 e. The fourth-order valence-corrected chi connectivity index (χ4v) is 5.04. The van der Waals surface area contributed by atoms with Crippen LogP contribution in [-0.4, -0.2) is 68.7 Å². The zero-order valence-electron chi connectivity index (χ0n) is 23.7. The normalized spacial score (nSPS) is 17.3. The number of allylic oxidation sites excluding steroid dienone is 1. The van der Waals surface area contributed by atoms with E-state index in [4.69, 9.17) is 4.74 Å². The molecular weight excluding hydrogens is 561 g/mol. The van der Waals surface area contributed by atoms with Gasteiger partial charge in [0.25, 0.3) is 5.91 Å². The predicted octanol–water partition coefficient (Wildman–Crippen LogP) is 5.84. The van der Waals surface area contributed by atoms with Crippen LogP contribution in [0, 0.1) is 11.6 Å². The number of alkyl halides is 3. The molecule has 1 amide bonds. The molecule has 0 saturated carbocycles. The SMILES string of the molecule is C=C(OC(F)(F)F)C(=NC(=NC)Nc1ccc(C2CCN(C)CC2)c(F)c1)c1cc(F)c2c(c1)N(C(C)C)C(=O)CO2. The van der Waals surface area contributed by atoms with Crippen LogP contribution in [0.25, 0.3) is 0 Å². The molecule has 13 heteroatoms. The number of hydrogen-bond acceptors (Lipinski definition) is 5. The number of guanidine groups is 1. The topological polar surface area (TPSA) is 78.8 Å². The molecule has 0 radical (unpaired) electrons. The van der Waals surface area contributed by atoms with Gasteiger partial charge in [0.1, 0.15) is 17.3 Å². The molecule has 0 aromatic heterocycles. The van der Waals surface area contributed by atoms with Crippen molar-refractivity contribution >= 4 is 29.0 Å². The van der Waals surface area contributed by atoms with Crippen molar-refractivity contribution in [3.63, 3.8) is 0 Å². The molecule has 0 spiro atoms. The Balaban J connectivity index is 1.70. The van der Waals surface area contributed by atoms with Crippen molar-refractivity contribution in [3.05, 3.63) is 65.4 Å². The lowest BCUT2D eigenvalue weighted by atomic mass is 9.89. The summed E-state index contributed by atoms with van der Waals surface area (Å²) in [6.45, 7) is 8.07. The van der Waals surface area contributed by atoms with Crippen molar-refractivity contribution < 1.29 is 36.2 Å². The zero-order chi connectivity index (χ0) is 30.8. The Morgan fingerprint density at radius 3 is 2.43 bits per heavy atom. The molecule has 1 fully saturated rings. The third-order valence-corrected chi connectivity index (χ3v) is 7.03. The summed E-state index contributed by atoms with van der Waals surface area (Å²) in [5.74, 6) is -3.15. The lowest BCUT2D eigenvalue weighted by Gasteiger charge is -2.33. The predicted molar refractivity (Wildman–Crippen MR) is 150 cm³/mol. The number of anilines is 2. The first-order valence-corrected chi connectivity index (χ1v) is 13.3. The number of hydrogen-bond donors (Lipinski definition) is 1. The highest BCUT2D eigenvalue weighted by atomic mass is 19.4. The monoisotopic (exact) mass is 593 g/mol. The third-order valence-electron chi connectivity index (χ3n) is 7.03. The number of likely N-dealkylation sites (tertiary alicyclic amines) is 1. The molecule has 2 aromatic carbocycles. The first-order valence-electron chi connectivity index (χ1n) is 13.3. The first kappa shape index (κ1) is 30.9. The van der Waals surface area contributed by atoms with Crippen LogP contribution in [0.3, 0.4) is 0 Å². The molecule has 0 bridgehead atoms. The number of carbonyl (C=O) groups is 1. The van der Waals surface area contributed by atoms with Gasteiger partial charge in [0.05, 0.1) is 5.69 Å². The number of aliphatic imine (C=N–C) groups is 2. The lowest BCUT2D eigenvalue weighted by Crippen LogP contribution is -2.43. The van der Waals surface area contributed by atoms with Crippen molar-refractivity contribution in [2.45, 2.75) is 45.0 Å². The van der Waals surface area contributed by atoms with E-state index >= 15 is 8.78 Å². The van der Waals surface area contributed by atoms with Gasteiger partial charge < -0.3 is 24.6 Å². The van der Waals surface area contributed by atoms with Crippen molar-refractivity contribution in [1.82, 2.24) is 4.90 Å². The average Bonchev–Trinajstić information content (AvgIpc) is 2.90. The summed E-state index contributed by atoms with van der Waals surface area (Å²) in [6.07, 6.45) is -3.49. The van der Waals surface area contributed by atoms with Crippen LogP contribution in [0.1, 0.15) is 43.7 Å². The molecule has 42 heavy (non-hydrogen) atoms. The van der Waals surface area contributed by atoms with E-state index in [0.717, 1.165) is 32.0 Å². The Bertz CT molecular complexity index is 1420. The molecule has 2 aliphatic heterocycles. The number of rotatable bonds is 6. The smallest absolute Gasteiger partial charge is 0.478 e. The van der Waals surface area contributed by atoms with Crippen molar-refractivity contribution in [3.8, 4) is 5.75 Å². The van der Waals surface area contributed by atoms with Gasteiger partial charge in [0.2, 0.25) is 5.96 Å². The number of fused-ring (bicyclic) bond motifs is 1. The molecule has 0 unspecified atom stereocenters. The van der Waals surface area contributed by atoms with Crippen LogP contribution in [0.2, 0.25) is 0 Å². The molecule has 2 aliphatic rings. The molecule has 0 aliphatic carbocycles. The van der Waals surface area contributed by atoms with Crippen LogP contribution in [0.4, 0.5) is 33.3 Å². The first-order chi connectivity index (χ1) is 19.8. The number of piperidine rings is 1. The van der Waals surface area contributed by atoms with Crippen molar-refractivity contribution in [2.24, 2.45) is 9.98 Å². The quantitative estimate of drug-likeness (QED) is 0.197. The van der Waals surface area contributed by atoms with E-state index in [9.17, 15) is 18.0 Å². The minimum absolute atomic E-state index is 0.0123. The van der Waals surface area contributed by atoms with Crippen LogP contribution in [0.15, 0.2) is 52.7 Å². The van der Waals surface area contributed by atoms with Gasteiger partial charge in [-0.15, -0.1) is 13.2 Å². The molecular formula is C29H32F5N5O3. The number of halogens is 5. The summed E-state index contributed by atoms with van der Waals surface area (Å²) < 4.78 is 79.2. The molecule has 1 saturated heterocycles. The summed E-state index contributed by atoms with van der Waals surface area (Å²) in [5, 5.41) is 2.79. The maximum absolute atomic E-state index is 15.2. The average molecular weight is 594 g/mol. The number of nitrogens with one attached hydrogen (secondary N) is 1. The van der Waals surface area contributed by atoms with E-state index in [2.05, 4.69) is 31.5 Å². The fourth-order valence-electron chi connectivity index (χ4n) is 5.04. The Labute approximate surface area is 240 Å². The molecule has 2 heterocycles. The van der Waals surface area contributed by atoms with Crippen LogP contribution < -0.4 is 15.0 Å². The van der Waals surface area contributed by atoms with E-state index in [1.807, 2.05) is 7.05 Å². The second-order valence-corrected chi connectivity index (χ2v) is 10.4. The molecule has 8 nitrogen and oxygen atoms in total. The van der Waals surface area contributed by atoms with Gasteiger partial charge in [-0.25, -0.2) is 13.8 Å². The van der Waals surface area contributed by atoms with Crippen molar-refractivity contribution in [2.75, 3.05) is 44.0 Å². The van der Waals surface area contributed by atoms with Gasteiger partial charge in [-0.2, -0.15) is 0 Å². The van der Waals surface area contributed by atoms with Crippen LogP contribution in [-0.2, 0) is 9.53 Å². The Kier molecular flexibility index (Phi) is 9.19. The van der Waals surface area contributed by atoms with Gasteiger partial charge in [-0.05, 0) is 82.6 Å². The molecule has 226 valence electrons. The molecule has 2 aromatic rings. The third kappa shape index (κ3) is 7.07. The minimum atomic E-state index is -5.13. The number of amides is 1. The van der Waals surface area contributed by atoms with Crippen LogP contribution in [0.5, 0.6) is 5.75 Å². The standard InChI is InChI=1S/C29H32F5N5O3/c1-16(2)39-24-13-19(12-23(31)27(24)41-15-25(39)40)26(17(3)42-29(32,33)34)37-28(35-4)36-20-6-7-21(22(30)14-20)18-8-10-38(5)11-9-18/h6-7,12-14,16,18H,3,8-11,15H2,1-2,4-5H3,(H,35,36). The number of benzene rings is 2. The second-order valence-electron chi connectivity index (χ2n) is 10.4. The number of ether oxygens (including phenoxy) is 2. The van der Waals surface area contributed by atoms with E-state index in [1.54, 1.807) is 26.0 Å². The molecule has 0 atom stereocenters. The maximum atomic E-state index is 15.2. The van der Waals surface area contributed by atoms with Gasteiger partial charge in [-0.3, -0.25) is 9.79 Å². The number of carbonyl (C=O) groups excluding carboxylic acids is 1. The Hall–Kier alpha value is -4.00. The van der Waals surface area contributed by atoms with Crippen molar-refractivity contribution in [1.29, 1.82) is 0 Å². The minimum Gasteiger partial charge on any atom is -0.478 e. The highest BCUT2D eigenvalue weighted by Crippen LogP contribution is 2.38. The Morgan fingerprint density at radius 1 is 1.14 bits per heavy atom. The van der Waals surface area contributed by atoms with Gasteiger partial charge >= 0.3 is 6.36 Å². The highest BCUT2D eigenvalue weighted by Gasteiger charge is 2.35. The molecule has 1 N–H and O–H groups in total. The second kappa shape index (κ2) is 12.5. The van der Waals surface area contributed by atoms with Gasteiger partial charge in [-0.1, -0.05) is 12.6 Å². The fraction of sp³-hybridized carbons (Fsp3) is 0.414. The zero-order valence-corrected chi connectivity index (χ0v) is 23.7. The summed E-state index contributed by atoms with van der Waals surface area (Å²) in [7, 11) is 3.33. The van der Waals surface area contributed by atoms with E-state index in [-0.39, 0.29) is 34.6 Å².